The number of halogens is 2. The maximum atomic E-state index is 12.7. The van der Waals surface area contributed by atoms with Gasteiger partial charge in [0.2, 0.25) is 15.9 Å². The van der Waals surface area contributed by atoms with Crippen molar-refractivity contribution in [3.8, 4) is 5.75 Å². The predicted molar refractivity (Wildman–Crippen MR) is 95.6 cm³/mol. The summed E-state index contributed by atoms with van der Waals surface area (Å²) in [6.45, 7) is -2.44. The fraction of sp³-hybridized carbons (Fsp3) is 0.333. The van der Waals surface area contributed by atoms with Gasteiger partial charge in [0.25, 0.3) is 0 Å². The summed E-state index contributed by atoms with van der Waals surface area (Å²) in [4.78, 5) is 18.2. The molecule has 0 spiro atoms. The summed E-state index contributed by atoms with van der Waals surface area (Å²) in [6.07, 6.45) is 2.38. The monoisotopic (exact) mass is 418 g/mol. The molecule has 1 aliphatic rings. The maximum absolute atomic E-state index is 12.7. The molecule has 1 aliphatic heterocycles. The average Bonchev–Trinajstić information content (AvgIpc) is 3.06. The largest absolute Gasteiger partial charge is 0.435 e. The summed E-state index contributed by atoms with van der Waals surface area (Å²) in [6, 6.07) is 5.20. The lowest BCUT2D eigenvalue weighted by Gasteiger charge is -2.32. The van der Waals surface area contributed by atoms with E-state index in [0.717, 1.165) is 17.5 Å². The van der Waals surface area contributed by atoms with Gasteiger partial charge in [0.1, 0.15) is 11.8 Å². The Morgan fingerprint density at radius 3 is 2.63 bits per heavy atom. The Balaban J connectivity index is 1.71. The van der Waals surface area contributed by atoms with Gasteiger partial charge in [-0.25, -0.2) is 18.5 Å². The first kappa shape index (κ1) is 19.5. The SMILES string of the molecule is NS(=O)(=O)c1cnc(N[C@@H]2CCCN(c3ccc(OC(F)F)cc3)C2=O)s1. The summed E-state index contributed by atoms with van der Waals surface area (Å²) in [5, 5.41) is 8.26. The van der Waals surface area contributed by atoms with Crippen LogP contribution in [0.15, 0.2) is 34.7 Å². The minimum atomic E-state index is -3.85. The molecule has 1 fully saturated rings. The third kappa shape index (κ3) is 4.70. The molecule has 146 valence electrons. The van der Waals surface area contributed by atoms with Crippen LogP contribution in [-0.2, 0) is 14.8 Å². The number of piperidine rings is 1. The molecule has 1 aromatic heterocycles. The minimum Gasteiger partial charge on any atom is -0.435 e. The van der Waals surface area contributed by atoms with Crippen LogP contribution in [0, 0.1) is 0 Å². The number of aromatic nitrogens is 1. The van der Waals surface area contributed by atoms with Gasteiger partial charge in [-0.2, -0.15) is 8.78 Å². The number of carbonyl (C=O) groups excluding carboxylic acids is 1. The van der Waals surface area contributed by atoms with Crippen LogP contribution in [-0.4, -0.2) is 38.5 Å². The Hall–Kier alpha value is -2.31. The molecule has 0 radical (unpaired) electrons. The average molecular weight is 418 g/mol. The normalized spacial score (nSPS) is 18.0. The molecule has 0 saturated carbocycles. The van der Waals surface area contributed by atoms with Crippen LogP contribution in [0.4, 0.5) is 19.6 Å². The molecule has 0 unspecified atom stereocenters. The fourth-order valence-corrected chi connectivity index (χ4v) is 4.18. The second kappa shape index (κ2) is 7.74. The standard InChI is InChI=1S/C15H16F2N4O4S2/c16-14(17)25-10-5-3-9(4-6-10)21-7-1-2-11(13(21)22)20-15-19-8-12(26-15)27(18,23)24/h3-6,8,11,14H,1-2,7H2,(H,19,20)(H2,18,23,24)/t11-/m1/s1. The second-order valence-electron chi connectivity index (χ2n) is 5.73. The third-order valence-corrected chi connectivity index (χ3v) is 6.21. The van der Waals surface area contributed by atoms with E-state index < -0.39 is 22.7 Å². The van der Waals surface area contributed by atoms with Crippen molar-refractivity contribution in [1.82, 2.24) is 4.98 Å². The highest BCUT2D eigenvalue weighted by molar-refractivity contribution is 7.91. The lowest BCUT2D eigenvalue weighted by atomic mass is 10.0. The Labute approximate surface area is 158 Å². The second-order valence-corrected chi connectivity index (χ2v) is 8.55. The van der Waals surface area contributed by atoms with E-state index in [0.29, 0.717) is 25.1 Å². The van der Waals surface area contributed by atoms with Gasteiger partial charge in [-0.3, -0.25) is 4.79 Å². The number of rotatable bonds is 6. The number of thiazole rings is 1. The number of hydrogen-bond acceptors (Lipinski definition) is 7. The number of sulfonamides is 1. The Bertz CT molecular complexity index is 918. The summed E-state index contributed by atoms with van der Waals surface area (Å²) >= 11 is 0.847. The topological polar surface area (TPSA) is 115 Å². The zero-order chi connectivity index (χ0) is 19.6. The highest BCUT2D eigenvalue weighted by atomic mass is 32.2. The summed E-state index contributed by atoms with van der Waals surface area (Å²) < 4.78 is 51.3. The van der Waals surface area contributed by atoms with Gasteiger partial charge in [-0.15, -0.1) is 0 Å². The Morgan fingerprint density at radius 2 is 2.04 bits per heavy atom. The third-order valence-electron chi connectivity index (χ3n) is 3.87. The van der Waals surface area contributed by atoms with Gasteiger partial charge in [0, 0.05) is 12.2 Å². The molecule has 2 aromatic rings. The molecular formula is C15H16F2N4O4S2. The molecule has 1 amide bonds. The molecule has 1 atom stereocenters. The fourth-order valence-electron chi connectivity index (χ4n) is 2.68. The number of benzene rings is 1. The minimum absolute atomic E-state index is 0.00573. The zero-order valence-corrected chi connectivity index (χ0v) is 15.5. The number of nitrogens with zero attached hydrogens (tertiary/aromatic N) is 2. The van der Waals surface area contributed by atoms with E-state index in [-0.39, 0.29) is 21.0 Å². The van der Waals surface area contributed by atoms with Gasteiger partial charge in [-0.1, -0.05) is 11.3 Å². The zero-order valence-electron chi connectivity index (χ0n) is 13.8. The summed E-state index contributed by atoms with van der Waals surface area (Å²) in [5.74, 6) is -0.220. The number of nitrogens with two attached hydrogens (primary N) is 1. The predicted octanol–water partition coefficient (Wildman–Crippen LogP) is 2.00. The first-order valence-electron chi connectivity index (χ1n) is 7.85. The molecule has 12 heteroatoms. The van der Waals surface area contributed by atoms with Crippen molar-refractivity contribution in [3.05, 3.63) is 30.5 Å². The number of ether oxygens (including phenoxy) is 1. The van der Waals surface area contributed by atoms with E-state index >= 15 is 0 Å². The van der Waals surface area contributed by atoms with E-state index in [2.05, 4.69) is 15.0 Å². The molecule has 3 rings (SSSR count). The molecule has 3 N–H and O–H groups in total. The highest BCUT2D eigenvalue weighted by Crippen LogP contribution is 2.27. The van der Waals surface area contributed by atoms with Gasteiger partial charge < -0.3 is 15.0 Å². The summed E-state index contributed by atoms with van der Waals surface area (Å²) in [5.41, 5.74) is 0.553. The lowest BCUT2D eigenvalue weighted by Crippen LogP contribution is -2.47. The number of alkyl halides is 2. The molecule has 2 heterocycles. The van der Waals surface area contributed by atoms with Gasteiger partial charge >= 0.3 is 6.61 Å². The van der Waals surface area contributed by atoms with Crippen LogP contribution in [0.3, 0.4) is 0 Å². The van der Waals surface area contributed by atoms with Gasteiger partial charge in [0.05, 0.1) is 6.20 Å². The van der Waals surface area contributed by atoms with Crippen molar-refractivity contribution in [3.63, 3.8) is 0 Å². The first-order chi connectivity index (χ1) is 12.7. The van der Waals surface area contributed by atoms with E-state index in [1.807, 2.05) is 0 Å². The molecule has 0 aliphatic carbocycles. The molecule has 1 aromatic carbocycles. The van der Waals surface area contributed by atoms with E-state index in [9.17, 15) is 22.0 Å². The van der Waals surface area contributed by atoms with Crippen molar-refractivity contribution in [2.75, 3.05) is 16.8 Å². The van der Waals surface area contributed by atoms with E-state index in [4.69, 9.17) is 5.14 Å². The van der Waals surface area contributed by atoms with Gasteiger partial charge in [-0.05, 0) is 37.1 Å². The Morgan fingerprint density at radius 1 is 1.33 bits per heavy atom. The smallest absolute Gasteiger partial charge is 0.387 e. The van der Waals surface area contributed by atoms with Crippen molar-refractivity contribution in [1.29, 1.82) is 0 Å². The maximum Gasteiger partial charge on any atom is 0.387 e. The van der Waals surface area contributed by atoms with Crippen LogP contribution < -0.4 is 20.1 Å². The quantitative estimate of drug-likeness (QED) is 0.742. The number of nitrogens with one attached hydrogen (secondary N) is 1. The lowest BCUT2D eigenvalue weighted by molar-refractivity contribution is -0.120. The number of carbonyl (C=O) groups is 1. The summed E-state index contributed by atoms with van der Waals surface area (Å²) in [7, 11) is -3.85. The van der Waals surface area contributed by atoms with Crippen LogP contribution in [0.2, 0.25) is 0 Å². The van der Waals surface area contributed by atoms with E-state index in [1.54, 1.807) is 0 Å². The highest BCUT2D eigenvalue weighted by Gasteiger charge is 2.30. The van der Waals surface area contributed by atoms with Crippen molar-refractivity contribution >= 4 is 38.1 Å². The molecule has 1 saturated heterocycles. The molecule has 8 nitrogen and oxygen atoms in total. The van der Waals surface area contributed by atoms with Crippen molar-refractivity contribution in [2.45, 2.75) is 29.7 Å². The first-order valence-corrected chi connectivity index (χ1v) is 10.2. The van der Waals surface area contributed by atoms with Crippen LogP contribution in [0.1, 0.15) is 12.8 Å². The molecule has 27 heavy (non-hydrogen) atoms. The van der Waals surface area contributed by atoms with Crippen molar-refractivity contribution in [2.24, 2.45) is 5.14 Å². The molecular weight excluding hydrogens is 402 g/mol. The number of amides is 1. The Kier molecular flexibility index (Phi) is 5.58. The number of hydrogen-bond donors (Lipinski definition) is 2. The van der Waals surface area contributed by atoms with Crippen molar-refractivity contribution < 1.29 is 26.7 Å². The van der Waals surface area contributed by atoms with Crippen LogP contribution in [0.25, 0.3) is 0 Å². The van der Waals surface area contributed by atoms with Gasteiger partial charge in [0.15, 0.2) is 9.34 Å². The van der Waals surface area contributed by atoms with E-state index in [1.165, 1.54) is 29.2 Å². The number of anilines is 2. The van der Waals surface area contributed by atoms with Crippen LogP contribution >= 0.6 is 11.3 Å². The van der Waals surface area contributed by atoms with Crippen LogP contribution in [0.5, 0.6) is 5.75 Å². The molecule has 0 bridgehead atoms. The number of primary sulfonamides is 1.